The van der Waals surface area contributed by atoms with Gasteiger partial charge >= 0.3 is 0 Å². The molecule has 0 fully saturated rings. The van der Waals surface area contributed by atoms with E-state index in [2.05, 4.69) is 36.6 Å². The highest BCUT2D eigenvalue weighted by atomic mass is 79.9. The molecule has 0 saturated carbocycles. The lowest BCUT2D eigenvalue weighted by Crippen LogP contribution is -2.26. The van der Waals surface area contributed by atoms with Crippen molar-refractivity contribution in [2.24, 2.45) is 0 Å². The number of anilines is 1. The third-order valence-corrected chi connectivity index (χ3v) is 6.68. The molecule has 5 nitrogen and oxygen atoms in total. The topological polar surface area (TPSA) is 92.4 Å². The summed E-state index contributed by atoms with van der Waals surface area (Å²) in [5.74, 6) is 1.47. The number of thioether (sulfide) groups is 1. The fourth-order valence-corrected chi connectivity index (χ4v) is 5.99. The number of nitrogens with one attached hydrogen (secondary N) is 1. The zero-order valence-corrected chi connectivity index (χ0v) is 15.4. The van der Waals surface area contributed by atoms with Gasteiger partial charge in [-0.25, -0.2) is 13.1 Å². The predicted octanol–water partition coefficient (Wildman–Crippen LogP) is 2.19. The second kappa shape index (κ2) is 8.60. The van der Waals surface area contributed by atoms with Crippen LogP contribution in [0.4, 0.5) is 5.69 Å². The van der Waals surface area contributed by atoms with E-state index in [4.69, 9.17) is 10.8 Å². The first-order valence-electron chi connectivity index (χ1n) is 5.81. The van der Waals surface area contributed by atoms with Crippen LogP contribution >= 0.6 is 43.6 Å². The molecule has 9 heteroatoms. The SMILES string of the molecule is Nc1cc(Br)c(S(=O)(=O)NCCSCCCO)c(Br)c1. The van der Waals surface area contributed by atoms with Crippen LogP contribution in [0.2, 0.25) is 0 Å². The quantitative estimate of drug-likeness (QED) is 0.419. The Morgan fingerprint density at radius 2 is 1.85 bits per heavy atom. The van der Waals surface area contributed by atoms with Gasteiger partial charge in [-0.2, -0.15) is 11.8 Å². The van der Waals surface area contributed by atoms with Gasteiger partial charge in [0.05, 0.1) is 0 Å². The lowest BCUT2D eigenvalue weighted by atomic mass is 10.3. The van der Waals surface area contributed by atoms with E-state index in [1.807, 2.05) is 0 Å². The van der Waals surface area contributed by atoms with Gasteiger partial charge in [0.25, 0.3) is 0 Å². The summed E-state index contributed by atoms with van der Waals surface area (Å²) < 4.78 is 27.8. The molecule has 0 heterocycles. The summed E-state index contributed by atoms with van der Waals surface area (Å²) >= 11 is 8.02. The Morgan fingerprint density at radius 1 is 1.25 bits per heavy atom. The average molecular weight is 448 g/mol. The summed E-state index contributed by atoms with van der Waals surface area (Å²) in [6.07, 6.45) is 0.715. The molecule has 0 unspecified atom stereocenters. The van der Waals surface area contributed by atoms with Crippen LogP contribution in [-0.2, 0) is 10.0 Å². The third kappa shape index (κ3) is 5.53. The van der Waals surface area contributed by atoms with E-state index < -0.39 is 10.0 Å². The van der Waals surface area contributed by atoms with E-state index in [1.165, 1.54) is 0 Å². The molecular formula is C11H16Br2N2O3S2. The maximum atomic E-state index is 12.2. The minimum atomic E-state index is -3.59. The number of halogens is 2. The largest absolute Gasteiger partial charge is 0.399 e. The minimum absolute atomic E-state index is 0.145. The summed E-state index contributed by atoms with van der Waals surface area (Å²) in [5, 5.41) is 8.64. The Hall–Kier alpha value is 0.200. The van der Waals surface area contributed by atoms with Gasteiger partial charge in [-0.3, -0.25) is 0 Å². The van der Waals surface area contributed by atoms with Gasteiger partial charge in [-0.15, -0.1) is 0 Å². The van der Waals surface area contributed by atoms with Gasteiger partial charge in [-0.1, -0.05) is 0 Å². The normalized spacial score (nSPS) is 11.8. The predicted molar refractivity (Wildman–Crippen MR) is 90.5 cm³/mol. The molecule has 0 saturated heterocycles. The van der Waals surface area contributed by atoms with Gasteiger partial charge in [0.2, 0.25) is 10.0 Å². The second-order valence-corrected chi connectivity index (χ2v) is 8.54. The molecule has 0 radical (unpaired) electrons. The Balaban J connectivity index is 2.66. The smallest absolute Gasteiger partial charge is 0.242 e. The van der Waals surface area contributed by atoms with Gasteiger partial charge in [0, 0.05) is 33.5 Å². The van der Waals surface area contributed by atoms with Crippen LogP contribution in [-0.4, -0.2) is 38.2 Å². The first kappa shape index (κ1) is 18.2. The average Bonchev–Trinajstić information content (AvgIpc) is 2.31. The molecule has 114 valence electrons. The number of hydrogen-bond donors (Lipinski definition) is 3. The van der Waals surface area contributed by atoms with Crippen LogP contribution < -0.4 is 10.5 Å². The van der Waals surface area contributed by atoms with Gasteiger partial charge in [0.15, 0.2) is 0 Å². The first-order chi connectivity index (χ1) is 9.38. The van der Waals surface area contributed by atoms with Crippen molar-refractivity contribution in [3.05, 3.63) is 21.1 Å². The van der Waals surface area contributed by atoms with Gasteiger partial charge in [-0.05, 0) is 56.2 Å². The summed E-state index contributed by atoms with van der Waals surface area (Å²) in [6, 6.07) is 3.10. The molecule has 1 aromatic carbocycles. The Morgan fingerprint density at radius 3 is 2.40 bits per heavy atom. The standard InChI is InChI=1S/C11H16Br2N2O3S2/c12-9-6-8(14)7-10(13)11(9)20(17,18)15-2-5-19-4-1-3-16/h6-7,15-16H,1-5,14H2. The van der Waals surface area contributed by atoms with Crippen molar-refractivity contribution in [1.82, 2.24) is 4.72 Å². The molecule has 0 aliphatic heterocycles. The second-order valence-electron chi connectivity index (χ2n) is 3.90. The van der Waals surface area contributed by atoms with Crippen molar-refractivity contribution in [2.75, 3.05) is 30.4 Å². The third-order valence-electron chi connectivity index (χ3n) is 2.27. The maximum Gasteiger partial charge on any atom is 0.242 e. The fourth-order valence-electron chi connectivity index (χ4n) is 1.43. The fraction of sp³-hybridized carbons (Fsp3) is 0.455. The van der Waals surface area contributed by atoms with Crippen LogP contribution in [0.1, 0.15) is 6.42 Å². The van der Waals surface area contributed by atoms with E-state index >= 15 is 0 Å². The van der Waals surface area contributed by atoms with E-state index in [0.717, 1.165) is 5.75 Å². The molecule has 1 aromatic rings. The van der Waals surface area contributed by atoms with Crippen LogP contribution in [0.3, 0.4) is 0 Å². The van der Waals surface area contributed by atoms with Gasteiger partial charge < -0.3 is 10.8 Å². The lowest BCUT2D eigenvalue weighted by Gasteiger charge is -2.11. The molecule has 0 amide bonds. The molecular weight excluding hydrogens is 432 g/mol. The minimum Gasteiger partial charge on any atom is -0.399 e. The number of nitrogens with two attached hydrogens (primary N) is 1. The number of aliphatic hydroxyl groups excluding tert-OH is 1. The molecule has 0 aliphatic rings. The summed E-state index contributed by atoms with van der Waals surface area (Å²) in [6.45, 7) is 0.492. The molecule has 0 bridgehead atoms. The highest BCUT2D eigenvalue weighted by molar-refractivity contribution is 9.11. The molecule has 0 aliphatic carbocycles. The van der Waals surface area contributed by atoms with Crippen molar-refractivity contribution < 1.29 is 13.5 Å². The van der Waals surface area contributed by atoms with Crippen LogP contribution in [0.25, 0.3) is 0 Å². The first-order valence-corrected chi connectivity index (χ1v) is 10.0. The molecule has 0 atom stereocenters. The van der Waals surface area contributed by atoms with E-state index in [-0.39, 0.29) is 11.5 Å². The number of benzene rings is 1. The van der Waals surface area contributed by atoms with Crippen LogP contribution in [0.5, 0.6) is 0 Å². The number of hydrogen-bond acceptors (Lipinski definition) is 5. The molecule has 4 N–H and O–H groups in total. The van der Waals surface area contributed by atoms with Crippen LogP contribution in [0, 0.1) is 0 Å². The van der Waals surface area contributed by atoms with E-state index in [9.17, 15) is 8.42 Å². The number of aliphatic hydroxyl groups is 1. The molecule has 0 spiro atoms. The van der Waals surface area contributed by atoms with Crippen molar-refractivity contribution >= 4 is 59.3 Å². The highest BCUT2D eigenvalue weighted by Crippen LogP contribution is 2.32. The monoisotopic (exact) mass is 446 g/mol. The van der Waals surface area contributed by atoms with Gasteiger partial charge in [0.1, 0.15) is 4.90 Å². The zero-order valence-electron chi connectivity index (χ0n) is 10.6. The van der Waals surface area contributed by atoms with Crippen molar-refractivity contribution in [2.45, 2.75) is 11.3 Å². The zero-order chi connectivity index (χ0) is 15.2. The van der Waals surface area contributed by atoms with Crippen molar-refractivity contribution in [3.8, 4) is 0 Å². The van der Waals surface area contributed by atoms with E-state index in [0.29, 0.717) is 33.4 Å². The number of rotatable bonds is 8. The van der Waals surface area contributed by atoms with Crippen molar-refractivity contribution in [3.63, 3.8) is 0 Å². The Bertz CT molecular complexity index is 530. The Labute approximate surface area is 140 Å². The lowest BCUT2D eigenvalue weighted by molar-refractivity contribution is 0.296. The van der Waals surface area contributed by atoms with E-state index in [1.54, 1.807) is 23.9 Å². The van der Waals surface area contributed by atoms with Crippen molar-refractivity contribution in [1.29, 1.82) is 0 Å². The number of sulfonamides is 1. The maximum absolute atomic E-state index is 12.2. The summed E-state index contributed by atoms with van der Waals surface area (Å²) in [7, 11) is -3.59. The Kier molecular flexibility index (Phi) is 7.84. The summed E-state index contributed by atoms with van der Waals surface area (Å²) in [4.78, 5) is 0.145. The summed E-state index contributed by atoms with van der Waals surface area (Å²) in [5.41, 5.74) is 6.12. The molecule has 20 heavy (non-hydrogen) atoms. The van der Waals surface area contributed by atoms with Crippen LogP contribution in [0.15, 0.2) is 26.0 Å². The molecule has 0 aromatic heterocycles. The number of nitrogen functional groups attached to an aromatic ring is 1. The highest BCUT2D eigenvalue weighted by Gasteiger charge is 2.21. The molecule has 1 rings (SSSR count).